The molecule has 0 atom stereocenters. The van der Waals surface area contributed by atoms with Gasteiger partial charge in [0, 0.05) is 11.9 Å². The first-order valence-corrected chi connectivity index (χ1v) is 8.43. The van der Waals surface area contributed by atoms with Gasteiger partial charge in [-0.2, -0.15) is 0 Å². The van der Waals surface area contributed by atoms with Crippen molar-refractivity contribution in [1.29, 1.82) is 0 Å². The first-order chi connectivity index (χ1) is 11.5. The molecule has 24 heavy (non-hydrogen) atoms. The van der Waals surface area contributed by atoms with Gasteiger partial charge in [0.2, 0.25) is 0 Å². The number of amides is 1. The maximum atomic E-state index is 12.9. The molecule has 0 aliphatic rings. The van der Waals surface area contributed by atoms with Crippen LogP contribution in [0, 0.1) is 13.8 Å². The molecule has 5 heteroatoms. The topological polar surface area (TPSA) is 46.4 Å². The second-order valence-electron chi connectivity index (χ2n) is 5.93. The van der Waals surface area contributed by atoms with Gasteiger partial charge in [-0.25, -0.2) is 4.98 Å². The normalized spacial score (nSPS) is 11.0. The Balaban J connectivity index is 2.06. The molecule has 0 saturated heterocycles. The molecule has 0 bridgehead atoms. The molecular formula is C19H20ClN3O. The van der Waals surface area contributed by atoms with Gasteiger partial charge in [0.1, 0.15) is 11.3 Å². The zero-order chi connectivity index (χ0) is 17.3. The number of aromatic nitrogens is 2. The minimum atomic E-state index is -0.165. The van der Waals surface area contributed by atoms with E-state index in [1.807, 2.05) is 38.1 Å². The van der Waals surface area contributed by atoms with Crippen molar-refractivity contribution < 1.29 is 4.79 Å². The second-order valence-corrected chi connectivity index (χ2v) is 6.37. The van der Waals surface area contributed by atoms with Crippen molar-refractivity contribution >= 4 is 28.8 Å². The first kappa shape index (κ1) is 16.5. The van der Waals surface area contributed by atoms with Gasteiger partial charge in [0.05, 0.1) is 10.7 Å². The zero-order valence-electron chi connectivity index (χ0n) is 14.1. The molecule has 0 unspecified atom stereocenters. The predicted molar refractivity (Wildman–Crippen MR) is 98.1 cm³/mol. The number of fused-ring (bicyclic) bond motifs is 1. The van der Waals surface area contributed by atoms with Crippen LogP contribution >= 0.6 is 11.6 Å². The summed E-state index contributed by atoms with van der Waals surface area (Å²) in [7, 11) is 0. The highest BCUT2D eigenvalue weighted by molar-refractivity contribution is 6.30. The van der Waals surface area contributed by atoms with Crippen LogP contribution in [0.2, 0.25) is 5.02 Å². The lowest BCUT2D eigenvalue weighted by Crippen LogP contribution is -2.17. The summed E-state index contributed by atoms with van der Waals surface area (Å²) in [5, 5.41) is 3.59. The lowest BCUT2D eigenvalue weighted by Gasteiger charge is -2.11. The van der Waals surface area contributed by atoms with Crippen molar-refractivity contribution in [1.82, 2.24) is 9.38 Å². The Morgan fingerprint density at radius 3 is 2.79 bits per heavy atom. The summed E-state index contributed by atoms with van der Waals surface area (Å²) in [5.41, 5.74) is 5.10. The highest BCUT2D eigenvalue weighted by Crippen LogP contribution is 2.22. The molecule has 0 radical (unpaired) electrons. The van der Waals surface area contributed by atoms with Gasteiger partial charge in [-0.1, -0.05) is 37.1 Å². The van der Waals surface area contributed by atoms with E-state index in [9.17, 15) is 4.79 Å². The van der Waals surface area contributed by atoms with Crippen molar-refractivity contribution in [2.45, 2.75) is 33.6 Å². The average molecular weight is 342 g/mol. The molecule has 1 aromatic carbocycles. The summed E-state index contributed by atoms with van der Waals surface area (Å²) in [4.78, 5) is 17.5. The van der Waals surface area contributed by atoms with E-state index in [2.05, 4.69) is 17.2 Å². The molecule has 124 valence electrons. The van der Waals surface area contributed by atoms with Crippen LogP contribution in [0.5, 0.6) is 0 Å². The Hall–Kier alpha value is -2.33. The standard InChI is InChI=1S/C19H20ClN3O/c1-4-6-16-18(23-11-14(20)9-10-17(23)21-16)19(24)22-15-8-5-7-12(2)13(15)3/h5,7-11H,4,6H2,1-3H3,(H,22,24). The summed E-state index contributed by atoms with van der Waals surface area (Å²) in [6, 6.07) is 9.50. The number of carbonyl (C=O) groups excluding carboxylic acids is 1. The summed E-state index contributed by atoms with van der Waals surface area (Å²) in [6.07, 6.45) is 3.40. The lowest BCUT2D eigenvalue weighted by atomic mass is 10.1. The number of anilines is 1. The number of pyridine rings is 1. The monoisotopic (exact) mass is 341 g/mol. The zero-order valence-corrected chi connectivity index (χ0v) is 14.8. The molecule has 2 heterocycles. The van der Waals surface area contributed by atoms with Crippen LogP contribution in [-0.2, 0) is 6.42 Å². The molecule has 0 fully saturated rings. The Morgan fingerprint density at radius 1 is 1.25 bits per heavy atom. The van der Waals surface area contributed by atoms with Crippen LogP contribution in [0.1, 0.15) is 40.7 Å². The Bertz CT molecular complexity index is 914. The maximum Gasteiger partial charge on any atom is 0.274 e. The number of benzene rings is 1. The van der Waals surface area contributed by atoms with E-state index in [-0.39, 0.29) is 5.91 Å². The lowest BCUT2D eigenvalue weighted by molar-refractivity contribution is 0.102. The fourth-order valence-corrected chi connectivity index (χ4v) is 2.95. The van der Waals surface area contributed by atoms with E-state index >= 15 is 0 Å². The van der Waals surface area contributed by atoms with Crippen molar-refractivity contribution in [2.75, 3.05) is 5.32 Å². The quantitative estimate of drug-likeness (QED) is 0.740. The molecule has 0 aliphatic heterocycles. The van der Waals surface area contributed by atoms with Crippen LogP contribution in [0.25, 0.3) is 5.65 Å². The number of imidazole rings is 1. The van der Waals surface area contributed by atoms with E-state index < -0.39 is 0 Å². The average Bonchev–Trinajstić information content (AvgIpc) is 2.89. The Labute approximate surface area is 146 Å². The number of halogens is 1. The summed E-state index contributed by atoms with van der Waals surface area (Å²) in [5.74, 6) is -0.165. The maximum absolute atomic E-state index is 12.9. The third-order valence-corrected chi connectivity index (χ3v) is 4.43. The number of rotatable bonds is 4. The molecule has 2 aromatic heterocycles. The van der Waals surface area contributed by atoms with Gasteiger partial charge >= 0.3 is 0 Å². The van der Waals surface area contributed by atoms with Gasteiger partial charge < -0.3 is 5.32 Å². The van der Waals surface area contributed by atoms with Crippen LogP contribution < -0.4 is 5.32 Å². The summed E-state index contributed by atoms with van der Waals surface area (Å²) in [6.45, 7) is 6.11. The molecule has 0 spiro atoms. The third kappa shape index (κ3) is 3.02. The minimum Gasteiger partial charge on any atom is -0.320 e. The minimum absolute atomic E-state index is 0.165. The second kappa shape index (κ2) is 6.65. The molecule has 0 saturated carbocycles. The van der Waals surface area contributed by atoms with E-state index in [0.29, 0.717) is 10.7 Å². The summed E-state index contributed by atoms with van der Waals surface area (Å²) < 4.78 is 1.77. The molecule has 4 nitrogen and oxygen atoms in total. The van der Waals surface area contributed by atoms with E-state index in [4.69, 9.17) is 11.6 Å². The van der Waals surface area contributed by atoms with Gasteiger partial charge in [-0.05, 0) is 49.6 Å². The van der Waals surface area contributed by atoms with Crippen LogP contribution in [0.15, 0.2) is 36.5 Å². The molecular weight excluding hydrogens is 322 g/mol. The van der Waals surface area contributed by atoms with E-state index in [1.54, 1.807) is 16.7 Å². The van der Waals surface area contributed by atoms with Gasteiger partial charge in [-0.3, -0.25) is 9.20 Å². The highest BCUT2D eigenvalue weighted by atomic mass is 35.5. The van der Waals surface area contributed by atoms with Gasteiger partial charge in [0.15, 0.2) is 0 Å². The molecule has 3 rings (SSSR count). The number of carbonyl (C=O) groups is 1. The van der Waals surface area contributed by atoms with Crippen molar-refractivity contribution in [3.8, 4) is 0 Å². The van der Waals surface area contributed by atoms with E-state index in [0.717, 1.165) is 41.0 Å². The number of hydrogen-bond donors (Lipinski definition) is 1. The molecule has 3 aromatic rings. The Morgan fingerprint density at radius 2 is 2.04 bits per heavy atom. The van der Waals surface area contributed by atoms with Crippen molar-refractivity contribution in [3.05, 3.63) is 64.1 Å². The van der Waals surface area contributed by atoms with Crippen LogP contribution in [0.3, 0.4) is 0 Å². The van der Waals surface area contributed by atoms with E-state index in [1.165, 1.54) is 0 Å². The van der Waals surface area contributed by atoms with Gasteiger partial charge in [-0.15, -0.1) is 0 Å². The van der Waals surface area contributed by atoms with Gasteiger partial charge in [0.25, 0.3) is 5.91 Å². The number of nitrogens with zero attached hydrogens (tertiary/aromatic N) is 2. The molecule has 1 N–H and O–H groups in total. The fourth-order valence-electron chi connectivity index (χ4n) is 2.79. The number of aryl methyl sites for hydroxylation is 2. The Kier molecular flexibility index (Phi) is 4.58. The molecule has 1 amide bonds. The van der Waals surface area contributed by atoms with Crippen molar-refractivity contribution in [3.63, 3.8) is 0 Å². The highest BCUT2D eigenvalue weighted by Gasteiger charge is 2.19. The first-order valence-electron chi connectivity index (χ1n) is 8.05. The van der Waals surface area contributed by atoms with Crippen LogP contribution in [0.4, 0.5) is 5.69 Å². The predicted octanol–water partition coefficient (Wildman–Crippen LogP) is 4.81. The molecule has 0 aliphatic carbocycles. The fraction of sp³-hybridized carbons (Fsp3) is 0.263. The third-order valence-electron chi connectivity index (χ3n) is 4.21. The SMILES string of the molecule is CCCc1nc2ccc(Cl)cn2c1C(=O)Nc1cccc(C)c1C. The van der Waals surface area contributed by atoms with Crippen molar-refractivity contribution in [2.24, 2.45) is 0 Å². The van der Waals surface area contributed by atoms with Crippen LogP contribution in [-0.4, -0.2) is 15.3 Å². The largest absolute Gasteiger partial charge is 0.320 e. The summed E-state index contributed by atoms with van der Waals surface area (Å²) >= 11 is 6.11. The number of nitrogens with one attached hydrogen (secondary N) is 1. The smallest absolute Gasteiger partial charge is 0.274 e. The number of hydrogen-bond acceptors (Lipinski definition) is 2.